The molecule has 4 aromatic rings. The second-order valence-corrected chi connectivity index (χ2v) is 13.1. The second-order valence-electron chi connectivity index (χ2n) is 11.1. The van der Waals surface area contributed by atoms with Crippen LogP contribution in [0.1, 0.15) is 57.8 Å². The van der Waals surface area contributed by atoms with E-state index >= 15 is 0 Å². The van der Waals surface area contributed by atoms with E-state index in [4.69, 9.17) is 0 Å². The zero-order valence-corrected chi connectivity index (χ0v) is 25.6. The quantitative estimate of drug-likeness (QED) is 0.132. The Morgan fingerprint density at radius 3 is 2.74 bits per heavy atom. The number of aryl methyl sites for hydroxylation is 1. The number of hydrogen-bond acceptors (Lipinski definition) is 9. The summed E-state index contributed by atoms with van der Waals surface area (Å²) in [5.74, 6) is -0.494. The number of benzene rings is 2. The van der Waals surface area contributed by atoms with Gasteiger partial charge in [0.1, 0.15) is 17.1 Å². The lowest BCUT2D eigenvalue weighted by molar-refractivity contribution is -0.0208. The van der Waals surface area contributed by atoms with Crippen LogP contribution in [0.15, 0.2) is 46.6 Å². The van der Waals surface area contributed by atoms with E-state index in [1.165, 1.54) is 12.1 Å². The first kappa shape index (κ1) is 31.3. The van der Waals surface area contributed by atoms with Gasteiger partial charge in [-0.25, -0.2) is 4.39 Å². The van der Waals surface area contributed by atoms with Crippen LogP contribution in [0.3, 0.4) is 0 Å². The summed E-state index contributed by atoms with van der Waals surface area (Å²) >= 11 is 2.50. The Hall–Kier alpha value is -3.13. The van der Waals surface area contributed by atoms with Crippen molar-refractivity contribution in [3.63, 3.8) is 0 Å². The molecule has 6 N–H and O–H groups in total. The maximum Gasteiger partial charge on any atom is 0.305 e. The van der Waals surface area contributed by atoms with Gasteiger partial charge in [-0.05, 0) is 61.6 Å². The molecular formula is C31H37FN4O5S2. The minimum Gasteiger partial charge on any atom is -0.506 e. The van der Waals surface area contributed by atoms with Crippen molar-refractivity contribution in [2.45, 2.75) is 50.9 Å². The molecule has 12 heteroatoms. The molecule has 1 aliphatic heterocycles. The Labute approximate surface area is 257 Å². The minimum atomic E-state index is -0.953. The van der Waals surface area contributed by atoms with Crippen LogP contribution in [0.2, 0.25) is 0 Å². The normalized spacial score (nSPS) is 16.0. The standard InChI is InChI=1S/C31H37FN4O5S2/c1-2-22-14-21(17-42-22)29(39)34-18-31(41)8-11-36(12-9-31)16-19-3-5-24(32)20(13-19)7-10-33-15-26(38)23-4-6-25(37)27-28(23)43-30(40)35-27/h3-6,13-14,17,26,33,37-38,41H,2,7-12,15-16,18H2,1H3,(H,34,39)(H,35,40)/t26-/m0/s1. The average Bonchev–Trinajstić information content (AvgIpc) is 3.64. The van der Waals surface area contributed by atoms with Gasteiger partial charge in [-0.2, -0.15) is 0 Å². The number of aromatic amines is 1. The number of phenolic OH excluding ortho intramolecular Hbond substituents is 1. The van der Waals surface area contributed by atoms with Gasteiger partial charge in [0.25, 0.3) is 5.91 Å². The van der Waals surface area contributed by atoms with E-state index in [1.54, 1.807) is 23.5 Å². The number of nitrogens with zero attached hydrogens (tertiary/aromatic N) is 1. The number of likely N-dealkylation sites (tertiary alicyclic amines) is 1. The molecular weight excluding hydrogens is 591 g/mol. The van der Waals surface area contributed by atoms with Crippen LogP contribution in [0.5, 0.6) is 5.75 Å². The van der Waals surface area contributed by atoms with E-state index in [-0.39, 0.29) is 35.4 Å². The van der Waals surface area contributed by atoms with Crippen LogP contribution in [-0.4, -0.2) is 69.4 Å². The average molecular weight is 629 g/mol. The lowest BCUT2D eigenvalue weighted by atomic mass is 9.91. The van der Waals surface area contributed by atoms with Crippen molar-refractivity contribution >= 4 is 38.8 Å². The molecule has 9 nitrogen and oxygen atoms in total. The van der Waals surface area contributed by atoms with Crippen LogP contribution in [0.4, 0.5) is 4.39 Å². The van der Waals surface area contributed by atoms with Gasteiger partial charge in [0.05, 0.1) is 22.0 Å². The van der Waals surface area contributed by atoms with Gasteiger partial charge in [0.2, 0.25) is 0 Å². The number of carbonyl (C=O) groups excluding carboxylic acids is 1. The molecule has 0 aliphatic carbocycles. The summed E-state index contributed by atoms with van der Waals surface area (Å²) in [7, 11) is 0. The summed E-state index contributed by atoms with van der Waals surface area (Å²) in [5, 5.41) is 39.6. The number of aliphatic hydroxyl groups excluding tert-OH is 1. The predicted octanol–water partition coefficient (Wildman–Crippen LogP) is 3.68. The fourth-order valence-electron chi connectivity index (χ4n) is 5.39. The first-order valence-electron chi connectivity index (χ1n) is 14.5. The minimum absolute atomic E-state index is 0.0448. The summed E-state index contributed by atoms with van der Waals surface area (Å²) in [6, 6.07) is 10.1. The monoisotopic (exact) mass is 628 g/mol. The number of aromatic hydroxyl groups is 1. The van der Waals surface area contributed by atoms with Crippen molar-refractivity contribution in [2.24, 2.45) is 0 Å². The van der Waals surface area contributed by atoms with Gasteiger partial charge in [0.15, 0.2) is 0 Å². The molecule has 43 heavy (non-hydrogen) atoms. The highest BCUT2D eigenvalue weighted by molar-refractivity contribution is 7.16. The number of rotatable bonds is 12. The van der Waals surface area contributed by atoms with Crippen molar-refractivity contribution in [3.05, 3.63) is 84.4 Å². The molecule has 0 spiro atoms. The zero-order valence-electron chi connectivity index (χ0n) is 24.0. The fourth-order valence-corrected chi connectivity index (χ4v) is 7.12. The van der Waals surface area contributed by atoms with Crippen molar-refractivity contribution in [2.75, 3.05) is 32.7 Å². The molecule has 0 saturated carbocycles. The van der Waals surface area contributed by atoms with Crippen LogP contribution >= 0.6 is 22.7 Å². The number of phenols is 1. The number of fused-ring (bicyclic) bond motifs is 1. The lowest BCUT2D eigenvalue weighted by Gasteiger charge is -2.38. The summed E-state index contributed by atoms with van der Waals surface area (Å²) in [6.07, 6.45) is 1.48. The van der Waals surface area contributed by atoms with Crippen molar-refractivity contribution in [1.29, 1.82) is 0 Å². The first-order chi connectivity index (χ1) is 20.6. The van der Waals surface area contributed by atoms with Gasteiger partial charge in [-0.15, -0.1) is 11.3 Å². The van der Waals surface area contributed by atoms with Gasteiger partial charge >= 0.3 is 4.87 Å². The molecule has 1 aliphatic rings. The highest BCUT2D eigenvalue weighted by atomic mass is 32.1. The molecule has 1 amide bonds. The highest BCUT2D eigenvalue weighted by Gasteiger charge is 2.33. The van der Waals surface area contributed by atoms with E-state index in [2.05, 4.69) is 27.4 Å². The highest BCUT2D eigenvalue weighted by Crippen LogP contribution is 2.31. The number of nitrogens with one attached hydrogen (secondary N) is 3. The number of halogens is 1. The molecule has 3 heterocycles. The number of amides is 1. The van der Waals surface area contributed by atoms with Crippen molar-refractivity contribution in [1.82, 2.24) is 20.5 Å². The van der Waals surface area contributed by atoms with E-state index in [1.807, 2.05) is 17.5 Å². The predicted molar refractivity (Wildman–Crippen MR) is 168 cm³/mol. The summed E-state index contributed by atoms with van der Waals surface area (Å²) < 4.78 is 15.1. The van der Waals surface area contributed by atoms with E-state index in [9.17, 15) is 29.3 Å². The number of aromatic nitrogens is 1. The van der Waals surface area contributed by atoms with E-state index in [0.29, 0.717) is 72.3 Å². The smallest absolute Gasteiger partial charge is 0.305 e. The molecule has 0 unspecified atom stereocenters. The second kappa shape index (κ2) is 13.7. The maximum absolute atomic E-state index is 14.6. The van der Waals surface area contributed by atoms with Gasteiger partial charge in [0, 0.05) is 48.5 Å². The third kappa shape index (κ3) is 7.69. The maximum atomic E-state index is 14.6. The fraction of sp³-hybridized carbons (Fsp3) is 0.419. The summed E-state index contributed by atoms with van der Waals surface area (Å²) in [6.45, 7) is 4.87. The summed E-state index contributed by atoms with van der Waals surface area (Å²) in [4.78, 5) is 29.9. The third-order valence-electron chi connectivity index (χ3n) is 8.00. The van der Waals surface area contributed by atoms with Crippen molar-refractivity contribution < 1.29 is 24.5 Å². The van der Waals surface area contributed by atoms with Gasteiger partial charge < -0.3 is 30.9 Å². The van der Waals surface area contributed by atoms with Crippen LogP contribution in [0, 0.1) is 5.82 Å². The number of aliphatic hydroxyl groups is 2. The molecule has 0 bridgehead atoms. The van der Waals surface area contributed by atoms with Crippen molar-refractivity contribution in [3.8, 4) is 5.75 Å². The number of piperidine rings is 1. The number of thiophene rings is 1. The topological polar surface area (TPSA) is 138 Å². The molecule has 1 fully saturated rings. The Morgan fingerprint density at radius 2 is 2.00 bits per heavy atom. The van der Waals surface area contributed by atoms with Crippen LogP contribution < -0.4 is 15.5 Å². The number of thiazole rings is 1. The van der Waals surface area contributed by atoms with E-state index < -0.39 is 11.7 Å². The molecule has 5 rings (SSSR count). The molecule has 230 valence electrons. The molecule has 1 atom stereocenters. The Kier molecular flexibility index (Phi) is 9.95. The number of H-pyrrole nitrogens is 1. The van der Waals surface area contributed by atoms with Crippen LogP contribution in [-0.2, 0) is 19.4 Å². The first-order valence-corrected chi connectivity index (χ1v) is 16.1. The molecule has 1 saturated heterocycles. The Bertz CT molecular complexity index is 1630. The number of hydrogen-bond donors (Lipinski definition) is 6. The Morgan fingerprint density at radius 1 is 1.21 bits per heavy atom. The zero-order chi connectivity index (χ0) is 30.6. The molecule has 0 radical (unpaired) electrons. The number of carbonyl (C=O) groups is 1. The van der Waals surface area contributed by atoms with E-state index in [0.717, 1.165) is 28.2 Å². The lowest BCUT2D eigenvalue weighted by Crippen LogP contribution is -2.50. The van der Waals surface area contributed by atoms with Gasteiger partial charge in [-0.1, -0.05) is 36.5 Å². The Balaban J connectivity index is 1.08. The largest absolute Gasteiger partial charge is 0.506 e. The van der Waals surface area contributed by atoms with Crippen LogP contribution in [0.25, 0.3) is 10.2 Å². The third-order valence-corrected chi connectivity index (χ3v) is 10.0. The molecule has 2 aromatic carbocycles. The summed E-state index contributed by atoms with van der Waals surface area (Å²) in [5.41, 5.74) is 2.09. The van der Waals surface area contributed by atoms with Gasteiger partial charge in [-0.3, -0.25) is 14.5 Å². The SMILES string of the molecule is CCc1cc(C(=O)NCC2(O)CCN(Cc3ccc(F)c(CCNC[C@H](O)c4ccc(O)c5[nH]c(=O)sc45)c3)CC2)cs1. The molecule has 2 aromatic heterocycles.